The highest BCUT2D eigenvalue weighted by molar-refractivity contribution is 5.91. The van der Waals surface area contributed by atoms with Crippen molar-refractivity contribution >= 4 is 5.91 Å². The van der Waals surface area contributed by atoms with Gasteiger partial charge in [0.2, 0.25) is 0 Å². The van der Waals surface area contributed by atoms with E-state index in [1.54, 1.807) is 10.7 Å². The number of carbonyl (C=O) groups excluding carboxylic acids is 1. The average Bonchev–Trinajstić information content (AvgIpc) is 3.43. The monoisotopic (exact) mass is 352 g/mol. The van der Waals surface area contributed by atoms with Crippen LogP contribution in [0.15, 0.2) is 46.9 Å². The maximum absolute atomic E-state index is 12.3. The fourth-order valence-electron chi connectivity index (χ4n) is 3.08. The molecule has 4 rings (SSSR count). The molecule has 3 heterocycles. The van der Waals surface area contributed by atoms with Crippen LogP contribution in [-0.2, 0) is 13.1 Å². The van der Waals surface area contributed by atoms with E-state index in [-0.39, 0.29) is 12.5 Å². The van der Waals surface area contributed by atoms with Crippen molar-refractivity contribution in [3.63, 3.8) is 0 Å². The van der Waals surface area contributed by atoms with E-state index in [9.17, 15) is 4.79 Å². The van der Waals surface area contributed by atoms with Gasteiger partial charge in [-0.2, -0.15) is 4.68 Å². The number of likely N-dealkylation sites (tertiary alicyclic amines) is 1. The van der Waals surface area contributed by atoms with Gasteiger partial charge in [0.05, 0.1) is 18.8 Å². The van der Waals surface area contributed by atoms with Crippen molar-refractivity contribution in [3.8, 4) is 5.69 Å². The lowest BCUT2D eigenvalue weighted by molar-refractivity contribution is 0.0918. The quantitative estimate of drug-likeness (QED) is 0.727. The second-order valence-corrected chi connectivity index (χ2v) is 6.27. The first kappa shape index (κ1) is 16.5. The minimum absolute atomic E-state index is 0.211. The lowest BCUT2D eigenvalue weighted by atomic mass is 10.3. The van der Waals surface area contributed by atoms with Gasteiger partial charge in [-0.25, -0.2) is 0 Å². The molecule has 1 aromatic carbocycles. The molecule has 1 fully saturated rings. The molecule has 8 nitrogen and oxygen atoms in total. The minimum atomic E-state index is -0.278. The Labute approximate surface area is 150 Å². The van der Waals surface area contributed by atoms with Gasteiger partial charge in [-0.15, -0.1) is 5.10 Å². The van der Waals surface area contributed by atoms with Crippen molar-refractivity contribution in [3.05, 3.63) is 59.8 Å². The Kier molecular flexibility index (Phi) is 4.74. The molecule has 1 aliphatic rings. The fourth-order valence-corrected chi connectivity index (χ4v) is 3.08. The molecule has 1 amide bonds. The van der Waals surface area contributed by atoms with E-state index in [2.05, 4.69) is 25.7 Å². The summed E-state index contributed by atoms with van der Waals surface area (Å²) in [5.74, 6) is 1.39. The SMILES string of the molecule is O=C(NCc1nnnn1-c1ccccc1)c1ccc(CN2CCCC2)o1. The lowest BCUT2D eigenvalue weighted by Gasteiger charge is -2.11. The van der Waals surface area contributed by atoms with E-state index in [0.717, 1.165) is 31.1 Å². The zero-order chi connectivity index (χ0) is 17.8. The van der Waals surface area contributed by atoms with E-state index in [0.29, 0.717) is 11.6 Å². The summed E-state index contributed by atoms with van der Waals surface area (Å²) in [5.41, 5.74) is 0.840. The number of carbonyl (C=O) groups is 1. The first-order valence-corrected chi connectivity index (χ1v) is 8.71. The third-order valence-electron chi connectivity index (χ3n) is 4.41. The molecule has 134 valence electrons. The third kappa shape index (κ3) is 3.65. The van der Waals surface area contributed by atoms with Gasteiger partial charge < -0.3 is 9.73 Å². The van der Waals surface area contributed by atoms with Crippen molar-refractivity contribution in [2.75, 3.05) is 13.1 Å². The molecule has 0 spiro atoms. The summed E-state index contributed by atoms with van der Waals surface area (Å²) in [7, 11) is 0. The summed E-state index contributed by atoms with van der Waals surface area (Å²) in [6.07, 6.45) is 2.45. The summed E-state index contributed by atoms with van der Waals surface area (Å²) < 4.78 is 7.28. The van der Waals surface area contributed by atoms with Crippen LogP contribution in [0.25, 0.3) is 5.69 Å². The van der Waals surface area contributed by atoms with Gasteiger partial charge in [0.15, 0.2) is 11.6 Å². The number of furan rings is 1. The van der Waals surface area contributed by atoms with Crippen LogP contribution in [0.4, 0.5) is 0 Å². The van der Waals surface area contributed by atoms with Gasteiger partial charge in [0.1, 0.15) is 5.76 Å². The summed E-state index contributed by atoms with van der Waals surface area (Å²) in [6, 6.07) is 13.1. The Balaban J connectivity index is 1.37. The zero-order valence-corrected chi connectivity index (χ0v) is 14.3. The van der Waals surface area contributed by atoms with Crippen LogP contribution in [0.1, 0.15) is 35.0 Å². The number of rotatable bonds is 6. The normalized spacial score (nSPS) is 14.6. The summed E-state index contributed by atoms with van der Waals surface area (Å²) in [6.45, 7) is 3.14. The van der Waals surface area contributed by atoms with Crippen molar-refractivity contribution in [2.24, 2.45) is 0 Å². The average molecular weight is 352 g/mol. The number of hydrogen-bond acceptors (Lipinski definition) is 6. The molecule has 1 aliphatic heterocycles. The number of amides is 1. The minimum Gasteiger partial charge on any atom is -0.455 e. The highest BCUT2D eigenvalue weighted by Gasteiger charge is 2.17. The van der Waals surface area contributed by atoms with Gasteiger partial charge in [0, 0.05) is 0 Å². The van der Waals surface area contributed by atoms with Crippen molar-refractivity contribution in [2.45, 2.75) is 25.9 Å². The number of nitrogens with one attached hydrogen (secondary N) is 1. The molecule has 2 aromatic heterocycles. The molecule has 0 bridgehead atoms. The van der Waals surface area contributed by atoms with Crippen LogP contribution >= 0.6 is 0 Å². The van der Waals surface area contributed by atoms with Crippen molar-refractivity contribution in [1.29, 1.82) is 0 Å². The number of benzene rings is 1. The van der Waals surface area contributed by atoms with E-state index < -0.39 is 0 Å². The Bertz CT molecular complexity index is 867. The Morgan fingerprint density at radius 2 is 1.92 bits per heavy atom. The van der Waals surface area contributed by atoms with Gasteiger partial charge >= 0.3 is 0 Å². The second kappa shape index (κ2) is 7.49. The van der Waals surface area contributed by atoms with Gasteiger partial charge in [0.25, 0.3) is 5.91 Å². The van der Waals surface area contributed by atoms with Crippen molar-refractivity contribution in [1.82, 2.24) is 30.4 Å². The largest absolute Gasteiger partial charge is 0.455 e. The van der Waals surface area contributed by atoms with Crippen LogP contribution in [-0.4, -0.2) is 44.1 Å². The lowest BCUT2D eigenvalue weighted by Crippen LogP contribution is -2.24. The number of aromatic nitrogens is 4. The van der Waals surface area contributed by atoms with Gasteiger partial charge in [-0.05, 0) is 60.6 Å². The van der Waals surface area contributed by atoms with E-state index in [4.69, 9.17) is 4.42 Å². The first-order chi connectivity index (χ1) is 12.8. The Morgan fingerprint density at radius 3 is 2.73 bits per heavy atom. The fraction of sp³-hybridized carbons (Fsp3) is 0.333. The van der Waals surface area contributed by atoms with E-state index in [1.165, 1.54) is 12.8 Å². The molecule has 26 heavy (non-hydrogen) atoms. The smallest absolute Gasteiger partial charge is 0.287 e. The predicted octanol–water partition coefficient (Wildman–Crippen LogP) is 1.78. The maximum Gasteiger partial charge on any atom is 0.287 e. The molecular formula is C18H20N6O2. The topological polar surface area (TPSA) is 89.1 Å². The molecule has 0 aliphatic carbocycles. The molecular weight excluding hydrogens is 332 g/mol. The zero-order valence-electron chi connectivity index (χ0n) is 14.3. The van der Waals surface area contributed by atoms with Crippen molar-refractivity contribution < 1.29 is 9.21 Å². The van der Waals surface area contributed by atoms with Crippen LogP contribution < -0.4 is 5.32 Å². The first-order valence-electron chi connectivity index (χ1n) is 8.71. The molecule has 8 heteroatoms. The Hall–Kier alpha value is -3.00. The number of tetrazole rings is 1. The maximum atomic E-state index is 12.3. The molecule has 0 radical (unpaired) electrons. The number of para-hydroxylation sites is 1. The Morgan fingerprint density at radius 1 is 1.12 bits per heavy atom. The van der Waals surface area contributed by atoms with Crippen LogP contribution in [0.2, 0.25) is 0 Å². The summed E-state index contributed by atoms with van der Waals surface area (Å²) in [4.78, 5) is 14.7. The van der Waals surface area contributed by atoms with Gasteiger partial charge in [-0.1, -0.05) is 18.2 Å². The van der Waals surface area contributed by atoms with E-state index in [1.807, 2.05) is 36.4 Å². The standard InChI is InChI=1S/C18H20N6O2/c25-18(16-9-8-15(26-16)13-23-10-4-5-11-23)19-12-17-20-21-22-24(17)14-6-2-1-3-7-14/h1-3,6-9H,4-5,10-13H2,(H,19,25). The highest BCUT2D eigenvalue weighted by atomic mass is 16.4. The summed E-state index contributed by atoms with van der Waals surface area (Å²) >= 11 is 0. The number of hydrogen-bond donors (Lipinski definition) is 1. The molecule has 1 saturated heterocycles. The van der Waals surface area contributed by atoms with Gasteiger partial charge in [-0.3, -0.25) is 9.69 Å². The molecule has 0 unspecified atom stereocenters. The second-order valence-electron chi connectivity index (χ2n) is 6.27. The van der Waals surface area contributed by atoms with Crippen LogP contribution in [0, 0.1) is 0 Å². The van der Waals surface area contributed by atoms with E-state index >= 15 is 0 Å². The van der Waals surface area contributed by atoms with Crippen LogP contribution in [0.5, 0.6) is 0 Å². The molecule has 3 aromatic rings. The number of nitrogens with zero attached hydrogens (tertiary/aromatic N) is 5. The third-order valence-corrected chi connectivity index (χ3v) is 4.41. The predicted molar refractivity (Wildman–Crippen MR) is 93.5 cm³/mol. The molecule has 1 N–H and O–H groups in total. The highest BCUT2D eigenvalue weighted by Crippen LogP contribution is 2.15. The van der Waals surface area contributed by atoms with Crippen LogP contribution in [0.3, 0.4) is 0 Å². The summed E-state index contributed by atoms with van der Waals surface area (Å²) in [5, 5.41) is 14.5. The molecule has 0 atom stereocenters. The molecule has 0 saturated carbocycles.